The molecule has 0 aliphatic rings. The molecule has 3 aromatic carbocycles. The SMILES string of the molecule is Cc1c(Cl)ccc2c(C(=O)OCC(=O)c3ccccc3)cc(-c3ccc(Br)cc3)nc12. The van der Waals surface area contributed by atoms with E-state index in [1.54, 1.807) is 42.5 Å². The van der Waals surface area contributed by atoms with Crippen LogP contribution in [0.15, 0.2) is 77.3 Å². The minimum atomic E-state index is -0.586. The molecule has 0 aliphatic carbocycles. The number of benzene rings is 3. The summed E-state index contributed by atoms with van der Waals surface area (Å²) in [5.41, 5.74) is 3.68. The zero-order valence-electron chi connectivity index (χ0n) is 16.6. The maximum atomic E-state index is 13.0. The highest BCUT2D eigenvalue weighted by Crippen LogP contribution is 2.31. The molecule has 1 aromatic heterocycles. The normalized spacial score (nSPS) is 10.8. The second kappa shape index (κ2) is 9.00. The van der Waals surface area contributed by atoms with Crippen molar-refractivity contribution in [2.45, 2.75) is 6.92 Å². The summed E-state index contributed by atoms with van der Waals surface area (Å²) in [7, 11) is 0. The van der Waals surface area contributed by atoms with E-state index in [-0.39, 0.29) is 12.4 Å². The lowest BCUT2D eigenvalue weighted by molar-refractivity contribution is 0.0476. The van der Waals surface area contributed by atoms with Gasteiger partial charge in [0, 0.05) is 26.0 Å². The van der Waals surface area contributed by atoms with Gasteiger partial charge in [-0.2, -0.15) is 0 Å². The van der Waals surface area contributed by atoms with Crippen molar-refractivity contribution in [2.24, 2.45) is 0 Å². The molecule has 31 heavy (non-hydrogen) atoms. The molecule has 154 valence electrons. The first-order valence-electron chi connectivity index (χ1n) is 9.55. The van der Waals surface area contributed by atoms with E-state index >= 15 is 0 Å². The Labute approximate surface area is 193 Å². The van der Waals surface area contributed by atoms with Crippen LogP contribution in [0.2, 0.25) is 5.02 Å². The van der Waals surface area contributed by atoms with Crippen molar-refractivity contribution >= 4 is 50.2 Å². The van der Waals surface area contributed by atoms with Crippen LogP contribution in [0.4, 0.5) is 0 Å². The molecule has 0 fully saturated rings. The van der Waals surface area contributed by atoms with Crippen LogP contribution in [0.25, 0.3) is 22.2 Å². The highest BCUT2D eigenvalue weighted by Gasteiger charge is 2.19. The van der Waals surface area contributed by atoms with E-state index in [0.717, 1.165) is 15.6 Å². The van der Waals surface area contributed by atoms with Crippen LogP contribution in [-0.4, -0.2) is 23.3 Å². The number of carbonyl (C=O) groups excluding carboxylic acids is 2. The molecule has 4 nitrogen and oxygen atoms in total. The molecular formula is C25H17BrClNO3. The van der Waals surface area contributed by atoms with E-state index in [9.17, 15) is 9.59 Å². The number of ether oxygens (including phenoxy) is 1. The van der Waals surface area contributed by atoms with Gasteiger partial charge in [0.1, 0.15) is 0 Å². The predicted molar refractivity (Wildman–Crippen MR) is 126 cm³/mol. The van der Waals surface area contributed by atoms with Crippen LogP contribution in [0.1, 0.15) is 26.3 Å². The fraction of sp³-hybridized carbons (Fsp3) is 0.0800. The third-order valence-electron chi connectivity index (χ3n) is 4.96. The summed E-state index contributed by atoms with van der Waals surface area (Å²) in [5.74, 6) is -0.851. The highest BCUT2D eigenvalue weighted by molar-refractivity contribution is 9.10. The summed E-state index contributed by atoms with van der Waals surface area (Å²) in [5, 5.41) is 1.19. The Morgan fingerprint density at radius 3 is 2.42 bits per heavy atom. The lowest BCUT2D eigenvalue weighted by Crippen LogP contribution is -2.15. The molecule has 0 spiro atoms. The van der Waals surface area contributed by atoms with Gasteiger partial charge in [0.2, 0.25) is 0 Å². The smallest absolute Gasteiger partial charge is 0.339 e. The molecule has 0 amide bonds. The van der Waals surface area contributed by atoms with Crippen molar-refractivity contribution in [2.75, 3.05) is 6.61 Å². The van der Waals surface area contributed by atoms with Gasteiger partial charge in [-0.1, -0.05) is 76.1 Å². The van der Waals surface area contributed by atoms with Crippen LogP contribution in [0.3, 0.4) is 0 Å². The summed E-state index contributed by atoms with van der Waals surface area (Å²) < 4.78 is 6.32. The summed E-state index contributed by atoms with van der Waals surface area (Å²) in [6.45, 7) is 1.52. The molecule has 6 heteroatoms. The molecular weight excluding hydrogens is 478 g/mol. The number of halogens is 2. The summed E-state index contributed by atoms with van der Waals surface area (Å²) in [6.07, 6.45) is 0. The predicted octanol–water partition coefficient (Wildman–Crippen LogP) is 6.67. The Hall–Kier alpha value is -3.02. The average Bonchev–Trinajstić information content (AvgIpc) is 2.80. The number of rotatable bonds is 5. The Morgan fingerprint density at radius 1 is 1.00 bits per heavy atom. The van der Waals surface area contributed by atoms with Gasteiger partial charge in [-0.15, -0.1) is 0 Å². The monoisotopic (exact) mass is 493 g/mol. The zero-order chi connectivity index (χ0) is 22.0. The first kappa shape index (κ1) is 21.2. The van der Waals surface area contributed by atoms with Crippen molar-refractivity contribution in [1.82, 2.24) is 4.98 Å². The van der Waals surface area contributed by atoms with Gasteiger partial charge in [0.15, 0.2) is 12.4 Å². The Balaban J connectivity index is 1.73. The van der Waals surface area contributed by atoms with Crippen LogP contribution in [0.5, 0.6) is 0 Å². The number of fused-ring (bicyclic) bond motifs is 1. The van der Waals surface area contributed by atoms with Gasteiger partial charge in [0.25, 0.3) is 0 Å². The van der Waals surface area contributed by atoms with Gasteiger partial charge in [0.05, 0.1) is 16.8 Å². The molecule has 0 saturated carbocycles. The first-order chi connectivity index (χ1) is 14.9. The van der Waals surface area contributed by atoms with Crippen molar-refractivity contribution in [1.29, 1.82) is 0 Å². The summed E-state index contributed by atoms with van der Waals surface area (Å²) in [6, 6.07) is 21.5. The van der Waals surface area contributed by atoms with Gasteiger partial charge >= 0.3 is 5.97 Å². The standard InChI is InChI=1S/C25H17BrClNO3/c1-15-21(27)12-11-19-20(25(30)31-14-23(29)17-5-3-2-4-6-17)13-22(28-24(15)19)16-7-9-18(26)10-8-16/h2-13H,14H2,1H3. The topological polar surface area (TPSA) is 56.3 Å². The Morgan fingerprint density at radius 2 is 1.71 bits per heavy atom. The number of hydrogen-bond donors (Lipinski definition) is 0. The molecule has 4 aromatic rings. The minimum Gasteiger partial charge on any atom is -0.454 e. The molecule has 4 rings (SSSR count). The number of aryl methyl sites for hydroxylation is 1. The maximum Gasteiger partial charge on any atom is 0.339 e. The third kappa shape index (κ3) is 4.53. The fourth-order valence-corrected chi connectivity index (χ4v) is 3.67. The average molecular weight is 495 g/mol. The number of ketones is 1. The van der Waals surface area contributed by atoms with Gasteiger partial charge < -0.3 is 4.74 Å². The molecule has 0 atom stereocenters. The largest absolute Gasteiger partial charge is 0.454 e. The number of Topliss-reactive ketones (excluding diaryl/α,β-unsaturated/α-hetero) is 1. The van der Waals surface area contributed by atoms with Crippen molar-refractivity contribution in [3.8, 4) is 11.3 Å². The lowest BCUT2D eigenvalue weighted by Gasteiger charge is -2.12. The molecule has 0 radical (unpaired) electrons. The first-order valence-corrected chi connectivity index (χ1v) is 10.7. The molecule has 0 bridgehead atoms. The fourth-order valence-electron chi connectivity index (χ4n) is 3.26. The van der Waals surface area contributed by atoms with Crippen molar-refractivity contribution in [3.05, 3.63) is 99.0 Å². The molecule has 0 aliphatic heterocycles. The number of nitrogens with zero attached hydrogens (tertiary/aromatic N) is 1. The second-order valence-corrected chi connectivity index (χ2v) is 8.32. The Bertz CT molecular complexity index is 1290. The number of pyridine rings is 1. The molecule has 0 unspecified atom stereocenters. The maximum absolute atomic E-state index is 13.0. The highest BCUT2D eigenvalue weighted by atomic mass is 79.9. The van der Waals surface area contributed by atoms with E-state index < -0.39 is 5.97 Å². The van der Waals surface area contributed by atoms with Crippen LogP contribution in [-0.2, 0) is 4.74 Å². The van der Waals surface area contributed by atoms with Gasteiger partial charge in [-0.05, 0) is 36.8 Å². The number of esters is 1. The van der Waals surface area contributed by atoms with Crippen LogP contribution >= 0.6 is 27.5 Å². The van der Waals surface area contributed by atoms with Gasteiger partial charge in [-0.3, -0.25) is 4.79 Å². The Kier molecular flexibility index (Phi) is 6.16. The molecule has 0 N–H and O–H groups in total. The third-order valence-corrected chi connectivity index (χ3v) is 5.90. The van der Waals surface area contributed by atoms with E-state index in [1.807, 2.05) is 37.3 Å². The lowest BCUT2D eigenvalue weighted by atomic mass is 10.0. The van der Waals surface area contributed by atoms with Gasteiger partial charge in [-0.25, -0.2) is 9.78 Å². The quantitative estimate of drug-likeness (QED) is 0.230. The summed E-state index contributed by atoms with van der Waals surface area (Å²) in [4.78, 5) is 30.1. The van der Waals surface area contributed by atoms with Crippen LogP contribution in [0, 0.1) is 6.92 Å². The number of aromatic nitrogens is 1. The second-order valence-electron chi connectivity index (χ2n) is 7.00. The van der Waals surface area contributed by atoms with Crippen LogP contribution < -0.4 is 0 Å². The van der Waals surface area contributed by atoms with Crippen molar-refractivity contribution in [3.63, 3.8) is 0 Å². The molecule has 0 saturated heterocycles. The van der Waals surface area contributed by atoms with E-state index in [0.29, 0.717) is 32.7 Å². The van der Waals surface area contributed by atoms with E-state index in [2.05, 4.69) is 15.9 Å². The van der Waals surface area contributed by atoms with E-state index in [1.165, 1.54) is 0 Å². The summed E-state index contributed by atoms with van der Waals surface area (Å²) >= 11 is 9.73. The van der Waals surface area contributed by atoms with E-state index in [4.69, 9.17) is 21.3 Å². The minimum absolute atomic E-state index is 0.264. The zero-order valence-corrected chi connectivity index (χ0v) is 18.9. The van der Waals surface area contributed by atoms with Crippen molar-refractivity contribution < 1.29 is 14.3 Å². The number of carbonyl (C=O) groups is 2. The number of hydrogen-bond acceptors (Lipinski definition) is 4. The molecule has 1 heterocycles.